The van der Waals surface area contributed by atoms with Crippen LogP contribution in [0.2, 0.25) is 1.41 Å². The summed E-state index contributed by atoms with van der Waals surface area (Å²) >= 11 is 0. The predicted molar refractivity (Wildman–Crippen MR) is 44.1 cm³/mol. The SMILES string of the molecule is Cl.[2H]N1C[C@H](O)[C@H](O)[C@H]1[C@H](O)CO. The van der Waals surface area contributed by atoms with Crippen molar-refractivity contribution in [1.82, 2.24) is 5.31 Å². The largest absolute Gasteiger partial charge is 0.394 e. The van der Waals surface area contributed by atoms with Gasteiger partial charge in [0.2, 0.25) is 0 Å². The number of nitrogens with one attached hydrogen (secondary N) is 1. The molecule has 1 rings (SSSR count). The van der Waals surface area contributed by atoms with Crippen molar-refractivity contribution in [3.63, 3.8) is 0 Å². The van der Waals surface area contributed by atoms with Gasteiger partial charge in [0.15, 0.2) is 0 Å². The van der Waals surface area contributed by atoms with Crippen LogP contribution in [-0.2, 0) is 0 Å². The molecule has 1 aliphatic rings. The number of rotatable bonds is 2. The van der Waals surface area contributed by atoms with Crippen molar-refractivity contribution in [3.05, 3.63) is 0 Å². The van der Waals surface area contributed by atoms with E-state index in [0.29, 0.717) is 0 Å². The van der Waals surface area contributed by atoms with Crippen LogP contribution in [0.4, 0.5) is 0 Å². The fourth-order valence-corrected chi connectivity index (χ4v) is 1.13. The first kappa shape index (κ1) is 10.2. The smallest absolute Gasteiger partial charge is 0.123 e. The topological polar surface area (TPSA) is 93.0 Å². The lowest BCUT2D eigenvalue weighted by molar-refractivity contribution is -0.00977. The van der Waals surface area contributed by atoms with E-state index in [0.717, 1.165) is 5.31 Å². The van der Waals surface area contributed by atoms with Crippen LogP contribution in [0.15, 0.2) is 0 Å². The molecule has 12 heavy (non-hydrogen) atoms. The maximum absolute atomic E-state index is 9.25. The molecule has 74 valence electrons. The van der Waals surface area contributed by atoms with Gasteiger partial charge in [-0.2, -0.15) is 0 Å². The highest BCUT2D eigenvalue weighted by Crippen LogP contribution is 2.10. The Labute approximate surface area is 77.9 Å². The van der Waals surface area contributed by atoms with Crippen LogP contribution in [0, 0.1) is 0 Å². The van der Waals surface area contributed by atoms with Gasteiger partial charge in [0.1, 0.15) is 1.41 Å². The molecule has 0 unspecified atom stereocenters. The lowest BCUT2D eigenvalue weighted by atomic mass is 10.1. The normalized spacial score (nSPS) is 40.3. The minimum Gasteiger partial charge on any atom is -0.394 e. The van der Waals surface area contributed by atoms with Crippen molar-refractivity contribution in [3.8, 4) is 0 Å². The fraction of sp³-hybridized carbons (Fsp3) is 1.00. The van der Waals surface area contributed by atoms with Crippen LogP contribution in [0.1, 0.15) is 0 Å². The van der Waals surface area contributed by atoms with Crippen LogP contribution in [-0.4, -0.2) is 57.9 Å². The Hall–Kier alpha value is 0.0900. The van der Waals surface area contributed by atoms with E-state index in [9.17, 15) is 5.11 Å². The molecule has 0 amide bonds. The van der Waals surface area contributed by atoms with Crippen LogP contribution in [0.3, 0.4) is 0 Å². The third kappa shape index (κ3) is 2.29. The molecule has 5 N–H and O–H groups in total. The highest BCUT2D eigenvalue weighted by atomic mass is 35.5. The van der Waals surface area contributed by atoms with Gasteiger partial charge in [-0.15, -0.1) is 12.4 Å². The summed E-state index contributed by atoms with van der Waals surface area (Å²) < 4.78 is 7.23. The summed E-state index contributed by atoms with van der Waals surface area (Å²) in [6.07, 6.45) is -3.37. The maximum Gasteiger partial charge on any atom is 0.123 e. The lowest BCUT2D eigenvalue weighted by Crippen LogP contribution is -2.44. The third-order valence-electron chi connectivity index (χ3n) is 1.83. The first-order chi connectivity index (χ1) is 5.57. The molecule has 0 saturated carbocycles. The van der Waals surface area contributed by atoms with Gasteiger partial charge in [-0.3, -0.25) is 0 Å². The third-order valence-corrected chi connectivity index (χ3v) is 1.83. The molecule has 5 nitrogen and oxygen atoms in total. The summed E-state index contributed by atoms with van der Waals surface area (Å²) in [5.41, 5.74) is 0. The zero-order valence-corrected chi connectivity index (χ0v) is 7.18. The Morgan fingerprint density at radius 2 is 2.17 bits per heavy atom. The average Bonchev–Trinajstić information content (AvgIpc) is 2.26. The molecule has 0 spiro atoms. The summed E-state index contributed by atoms with van der Waals surface area (Å²) in [7, 11) is 0. The molecule has 0 aromatic rings. The van der Waals surface area contributed by atoms with E-state index in [2.05, 4.69) is 0 Å². The molecule has 1 aliphatic heterocycles. The second kappa shape index (κ2) is 4.96. The molecular formula is C6H14ClNO4. The summed E-state index contributed by atoms with van der Waals surface area (Å²) in [5.74, 6) is 0. The Kier molecular flexibility index (Phi) is 4.20. The fourth-order valence-electron chi connectivity index (χ4n) is 1.13. The quantitative estimate of drug-likeness (QED) is 0.339. The molecule has 1 fully saturated rings. The van der Waals surface area contributed by atoms with Crippen molar-refractivity contribution in [2.45, 2.75) is 24.4 Å². The lowest BCUT2D eigenvalue weighted by Gasteiger charge is -2.19. The van der Waals surface area contributed by atoms with Gasteiger partial charge in [0.05, 0.1) is 31.0 Å². The van der Waals surface area contributed by atoms with Gasteiger partial charge in [-0.1, -0.05) is 0 Å². The zero-order chi connectivity index (χ0) is 9.30. The number of aliphatic hydroxyl groups excluding tert-OH is 4. The van der Waals surface area contributed by atoms with Crippen molar-refractivity contribution in [2.24, 2.45) is 0 Å². The zero-order valence-electron chi connectivity index (χ0n) is 7.37. The van der Waals surface area contributed by atoms with E-state index >= 15 is 0 Å². The van der Waals surface area contributed by atoms with Gasteiger partial charge >= 0.3 is 0 Å². The Morgan fingerprint density at radius 1 is 1.58 bits per heavy atom. The van der Waals surface area contributed by atoms with E-state index < -0.39 is 31.0 Å². The molecule has 0 radical (unpaired) electrons. The number of hydrogen-bond acceptors (Lipinski definition) is 5. The van der Waals surface area contributed by atoms with Crippen molar-refractivity contribution >= 4 is 12.4 Å². The van der Waals surface area contributed by atoms with Crippen molar-refractivity contribution < 1.29 is 21.8 Å². The Morgan fingerprint density at radius 3 is 2.50 bits per heavy atom. The maximum atomic E-state index is 9.25. The van der Waals surface area contributed by atoms with Crippen LogP contribution >= 0.6 is 12.4 Å². The van der Waals surface area contributed by atoms with Crippen molar-refractivity contribution in [1.29, 1.82) is 0 Å². The highest BCUT2D eigenvalue weighted by Gasteiger charge is 2.36. The number of halogens is 1. The summed E-state index contributed by atoms with van der Waals surface area (Å²) in [6, 6.07) is -0.898. The molecule has 0 aromatic heterocycles. The average molecular weight is 201 g/mol. The highest BCUT2D eigenvalue weighted by molar-refractivity contribution is 5.85. The van der Waals surface area contributed by atoms with E-state index in [1.54, 1.807) is 0 Å². The number of hydrogen-bond donors (Lipinski definition) is 5. The predicted octanol–water partition coefficient (Wildman–Crippen LogP) is -2.55. The minimum atomic E-state index is -1.19. The summed E-state index contributed by atoms with van der Waals surface area (Å²) in [4.78, 5) is 0. The summed E-state index contributed by atoms with van der Waals surface area (Å²) in [5, 5.41) is 36.9. The van der Waals surface area contributed by atoms with E-state index in [4.69, 9.17) is 16.7 Å². The molecule has 0 aromatic carbocycles. The van der Waals surface area contributed by atoms with Crippen molar-refractivity contribution in [2.75, 3.05) is 13.2 Å². The molecule has 1 heterocycles. The van der Waals surface area contributed by atoms with Gasteiger partial charge in [-0.25, -0.2) is 0 Å². The van der Waals surface area contributed by atoms with Gasteiger partial charge in [-0.05, 0) is 0 Å². The Balaban J connectivity index is 0.00000144. The molecule has 4 atom stereocenters. The van der Waals surface area contributed by atoms with Crippen LogP contribution in [0.5, 0.6) is 0 Å². The van der Waals surface area contributed by atoms with Gasteiger partial charge in [0, 0.05) is 6.54 Å². The first-order valence-corrected chi connectivity index (χ1v) is 3.48. The number of β-amino-alcohol motifs (C(OH)–C–C–N with tert-alkyl or cyclic N) is 1. The standard InChI is InChI=1S/C6H13NO4.ClH/c8-2-4(10)5-6(11)3(9)1-7-5;/h3-11H,1-2H2;1H/t3-,4+,5+,6-;/m0./s1/i/hD. The van der Waals surface area contributed by atoms with E-state index in [1.807, 2.05) is 0 Å². The van der Waals surface area contributed by atoms with E-state index in [-0.39, 0.29) is 19.0 Å². The van der Waals surface area contributed by atoms with Crippen LogP contribution in [0.25, 0.3) is 0 Å². The first-order valence-electron chi connectivity index (χ1n) is 3.93. The molecule has 6 heteroatoms. The molecule has 1 saturated heterocycles. The second-order valence-electron chi connectivity index (χ2n) is 2.66. The Bertz CT molecular complexity index is 160. The number of aliphatic hydroxyl groups is 4. The molecular weight excluding hydrogens is 186 g/mol. The van der Waals surface area contributed by atoms with E-state index in [1.165, 1.54) is 0 Å². The molecule has 0 aliphatic carbocycles. The minimum absolute atomic E-state index is 0. The van der Waals surface area contributed by atoms with Crippen LogP contribution < -0.4 is 5.31 Å². The molecule has 0 bridgehead atoms. The second-order valence-corrected chi connectivity index (χ2v) is 2.66. The van der Waals surface area contributed by atoms with Gasteiger partial charge < -0.3 is 25.7 Å². The monoisotopic (exact) mass is 200 g/mol. The van der Waals surface area contributed by atoms with Gasteiger partial charge in [0.25, 0.3) is 0 Å². The summed E-state index contributed by atoms with van der Waals surface area (Å²) in [6.45, 7) is -0.535.